The molecule has 0 saturated carbocycles. The topological polar surface area (TPSA) is 76.1 Å². The van der Waals surface area contributed by atoms with Gasteiger partial charge in [-0.15, -0.1) is 0 Å². The second-order valence-electron chi connectivity index (χ2n) is 3.61. The van der Waals surface area contributed by atoms with Crippen molar-refractivity contribution < 1.29 is 24.2 Å². The summed E-state index contributed by atoms with van der Waals surface area (Å²) in [6.07, 6.45) is -0.728. The van der Waals surface area contributed by atoms with Gasteiger partial charge in [0.1, 0.15) is 11.5 Å². The average Bonchev–Trinajstić information content (AvgIpc) is 2.36. The molecule has 1 amide bonds. The normalized spacial score (nSPS) is 9.67. The number of nitrogens with zero attached hydrogens (tertiary/aromatic N) is 1. The number of carbonyl (C=O) groups is 2. The van der Waals surface area contributed by atoms with Gasteiger partial charge in [-0.3, -0.25) is 4.79 Å². The maximum Gasteiger partial charge on any atom is 0.414 e. The van der Waals surface area contributed by atoms with Crippen LogP contribution in [0, 0.1) is 0 Å². The first kappa shape index (κ1) is 13.8. The predicted octanol–water partition coefficient (Wildman–Crippen LogP) is 1.60. The molecule has 0 spiro atoms. The summed E-state index contributed by atoms with van der Waals surface area (Å²) < 4.78 is 10.1. The minimum atomic E-state index is -0.962. The molecule has 0 unspecified atom stereocenters. The molecule has 0 aliphatic carbocycles. The Morgan fingerprint density at radius 1 is 1.33 bits per heavy atom. The fraction of sp³-hybridized carbons (Fsp3) is 0.333. The van der Waals surface area contributed by atoms with Gasteiger partial charge in [0.25, 0.3) is 0 Å². The number of carboxylic acids is 1. The van der Waals surface area contributed by atoms with Crippen molar-refractivity contribution in [3.05, 3.63) is 24.3 Å². The Kier molecular flexibility index (Phi) is 4.98. The molecular formula is C12H15NO5. The van der Waals surface area contributed by atoms with Crippen molar-refractivity contribution in [2.24, 2.45) is 0 Å². The van der Waals surface area contributed by atoms with E-state index in [0.717, 1.165) is 0 Å². The van der Waals surface area contributed by atoms with E-state index in [4.69, 9.17) is 14.6 Å². The Labute approximate surface area is 105 Å². The minimum Gasteiger partial charge on any atom is -0.497 e. The van der Waals surface area contributed by atoms with Crippen LogP contribution < -0.4 is 9.47 Å². The fourth-order valence-electron chi connectivity index (χ4n) is 1.20. The van der Waals surface area contributed by atoms with E-state index in [1.807, 2.05) is 0 Å². The van der Waals surface area contributed by atoms with Crippen LogP contribution in [0.25, 0.3) is 0 Å². The molecule has 0 saturated heterocycles. The van der Waals surface area contributed by atoms with Crippen molar-refractivity contribution in [1.82, 2.24) is 4.90 Å². The maximum atomic E-state index is 11.6. The van der Waals surface area contributed by atoms with Gasteiger partial charge in [0.2, 0.25) is 0 Å². The quantitative estimate of drug-likeness (QED) is 0.862. The lowest BCUT2D eigenvalue weighted by molar-refractivity contribution is -0.137. The monoisotopic (exact) mass is 253 g/mol. The Morgan fingerprint density at radius 3 is 2.61 bits per heavy atom. The van der Waals surface area contributed by atoms with Crippen LogP contribution in [0.2, 0.25) is 0 Å². The van der Waals surface area contributed by atoms with Crippen molar-refractivity contribution >= 4 is 12.1 Å². The first-order chi connectivity index (χ1) is 8.52. The summed E-state index contributed by atoms with van der Waals surface area (Å²) in [6.45, 7) is 0.0954. The zero-order chi connectivity index (χ0) is 13.5. The highest BCUT2D eigenvalue weighted by atomic mass is 16.6. The van der Waals surface area contributed by atoms with Gasteiger partial charge in [0, 0.05) is 19.7 Å². The van der Waals surface area contributed by atoms with E-state index in [-0.39, 0.29) is 13.0 Å². The van der Waals surface area contributed by atoms with Gasteiger partial charge >= 0.3 is 12.1 Å². The van der Waals surface area contributed by atoms with Crippen LogP contribution in [0.3, 0.4) is 0 Å². The summed E-state index contributed by atoms with van der Waals surface area (Å²) in [5.74, 6) is -0.0361. The number of ether oxygens (including phenoxy) is 2. The number of hydrogen-bond acceptors (Lipinski definition) is 4. The second kappa shape index (κ2) is 6.48. The first-order valence-corrected chi connectivity index (χ1v) is 5.31. The van der Waals surface area contributed by atoms with Crippen LogP contribution >= 0.6 is 0 Å². The van der Waals surface area contributed by atoms with Crippen molar-refractivity contribution in [1.29, 1.82) is 0 Å². The Balaban J connectivity index is 2.55. The third-order valence-electron chi connectivity index (χ3n) is 2.22. The number of carbonyl (C=O) groups excluding carboxylic acids is 1. The van der Waals surface area contributed by atoms with Gasteiger partial charge in [-0.25, -0.2) is 4.79 Å². The van der Waals surface area contributed by atoms with Crippen molar-refractivity contribution in [2.45, 2.75) is 6.42 Å². The van der Waals surface area contributed by atoms with Gasteiger partial charge in [-0.2, -0.15) is 0 Å². The van der Waals surface area contributed by atoms with Gasteiger partial charge in [0.05, 0.1) is 13.5 Å². The Hall–Kier alpha value is -2.24. The van der Waals surface area contributed by atoms with Crippen LogP contribution in [0.4, 0.5) is 4.79 Å². The lowest BCUT2D eigenvalue weighted by atomic mass is 10.3. The van der Waals surface area contributed by atoms with Gasteiger partial charge in [-0.05, 0) is 12.1 Å². The molecular weight excluding hydrogens is 238 g/mol. The number of aliphatic carboxylic acids is 1. The first-order valence-electron chi connectivity index (χ1n) is 5.31. The van der Waals surface area contributed by atoms with E-state index in [2.05, 4.69) is 0 Å². The molecule has 0 bridgehead atoms. The summed E-state index contributed by atoms with van der Waals surface area (Å²) in [7, 11) is 2.99. The minimum absolute atomic E-state index is 0.0954. The molecule has 1 rings (SSSR count). The molecule has 0 radical (unpaired) electrons. The standard InChI is InChI=1S/C12H15NO5/c1-13(7-6-11(14)15)12(16)18-10-5-3-4-9(8-10)17-2/h3-5,8H,6-7H2,1-2H3,(H,14,15). The van der Waals surface area contributed by atoms with E-state index >= 15 is 0 Å². The predicted molar refractivity (Wildman–Crippen MR) is 63.9 cm³/mol. The van der Waals surface area contributed by atoms with Crippen LogP contribution in [-0.2, 0) is 4.79 Å². The third-order valence-corrected chi connectivity index (χ3v) is 2.22. The summed E-state index contributed by atoms with van der Waals surface area (Å²) in [4.78, 5) is 23.2. The number of carboxylic acid groups (broad SMARTS) is 1. The highest BCUT2D eigenvalue weighted by Gasteiger charge is 2.12. The second-order valence-corrected chi connectivity index (χ2v) is 3.61. The molecule has 0 aromatic heterocycles. The third kappa shape index (κ3) is 4.32. The summed E-state index contributed by atoms with van der Waals surface area (Å²) >= 11 is 0. The average molecular weight is 253 g/mol. The van der Waals surface area contributed by atoms with E-state index in [0.29, 0.717) is 11.5 Å². The molecule has 0 aliphatic rings. The molecule has 1 aromatic carbocycles. The number of benzene rings is 1. The van der Waals surface area contributed by atoms with E-state index in [1.54, 1.807) is 24.3 Å². The molecule has 6 nitrogen and oxygen atoms in total. The summed E-state index contributed by atoms with van der Waals surface area (Å²) in [6, 6.07) is 6.61. The lowest BCUT2D eigenvalue weighted by Gasteiger charge is -2.15. The van der Waals surface area contributed by atoms with Crippen LogP contribution in [0.15, 0.2) is 24.3 Å². The highest BCUT2D eigenvalue weighted by molar-refractivity contribution is 5.72. The van der Waals surface area contributed by atoms with E-state index < -0.39 is 12.1 Å². The van der Waals surface area contributed by atoms with Crippen molar-refractivity contribution in [3.63, 3.8) is 0 Å². The Morgan fingerprint density at radius 2 is 2.00 bits per heavy atom. The molecule has 0 fully saturated rings. The highest BCUT2D eigenvalue weighted by Crippen LogP contribution is 2.19. The molecule has 0 heterocycles. The maximum absolute atomic E-state index is 11.6. The number of rotatable bonds is 5. The molecule has 1 aromatic rings. The zero-order valence-corrected chi connectivity index (χ0v) is 10.3. The number of hydrogen-bond donors (Lipinski definition) is 1. The smallest absolute Gasteiger partial charge is 0.414 e. The molecule has 1 N–H and O–H groups in total. The van der Waals surface area contributed by atoms with Gasteiger partial charge in [0.15, 0.2) is 0 Å². The van der Waals surface area contributed by atoms with E-state index in [1.165, 1.54) is 19.1 Å². The number of methoxy groups -OCH3 is 1. The van der Waals surface area contributed by atoms with Gasteiger partial charge in [-0.1, -0.05) is 6.07 Å². The number of amides is 1. The molecule has 6 heteroatoms. The van der Waals surface area contributed by atoms with Crippen LogP contribution in [0.5, 0.6) is 11.5 Å². The zero-order valence-electron chi connectivity index (χ0n) is 10.3. The van der Waals surface area contributed by atoms with Crippen LogP contribution in [-0.4, -0.2) is 42.8 Å². The molecule has 0 aliphatic heterocycles. The molecule has 98 valence electrons. The van der Waals surface area contributed by atoms with Crippen LogP contribution in [0.1, 0.15) is 6.42 Å². The Bertz CT molecular complexity index is 432. The van der Waals surface area contributed by atoms with Crippen molar-refractivity contribution in [3.8, 4) is 11.5 Å². The largest absolute Gasteiger partial charge is 0.497 e. The molecule has 0 atom stereocenters. The van der Waals surface area contributed by atoms with E-state index in [9.17, 15) is 9.59 Å². The summed E-state index contributed by atoms with van der Waals surface area (Å²) in [5.41, 5.74) is 0. The molecule has 18 heavy (non-hydrogen) atoms. The lowest BCUT2D eigenvalue weighted by Crippen LogP contribution is -2.31. The summed E-state index contributed by atoms with van der Waals surface area (Å²) in [5, 5.41) is 8.51. The fourth-order valence-corrected chi connectivity index (χ4v) is 1.20. The van der Waals surface area contributed by atoms with Gasteiger partial charge < -0.3 is 19.5 Å². The van der Waals surface area contributed by atoms with Crippen molar-refractivity contribution in [2.75, 3.05) is 20.7 Å². The SMILES string of the molecule is COc1cccc(OC(=O)N(C)CCC(=O)O)c1.